The highest BCUT2D eigenvalue weighted by Gasteiger charge is 2.40. The first-order valence-electron chi connectivity index (χ1n) is 6.04. The number of hydrogen-bond acceptors (Lipinski definition) is 1. The van der Waals surface area contributed by atoms with Crippen LogP contribution in [0.25, 0.3) is 11.1 Å². The van der Waals surface area contributed by atoms with Crippen molar-refractivity contribution in [2.45, 2.75) is 13.1 Å². The molecule has 0 radical (unpaired) electrons. The molecule has 0 spiro atoms. The lowest BCUT2D eigenvalue weighted by Gasteiger charge is -2.18. The molecule has 92 valence electrons. The van der Waals surface area contributed by atoms with Gasteiger partial charge in [0, 0.05) is 11.1 Å². The molecule has 0 atom stereocenters. The Morgan fingerprint density at radius 2 is 1.56 bits per heavy atom. The van der Waals surface area contributed by atoms with E-state index >= 15 is 0 Å². The molecular formula is C15H15FOSi. The lowest BCUT2D eigenvalue weighted by Crippen LogP contribution is -2.49. The fraction of sp³-hybridized carbons (Fsp3) is 0.200. The van der Waals surface area contributed by atoms with Crippen LogP contribution in [-0.4, -0.2) is 15.2 Å². The summed E-state index contributed by atoms with van der Waals surface area (Å²) in [5, 5.41) is 2.43. The SMILES string of the molecule is COc1cccc2c1-c1c(F)cccc1[Si]2(C)C. The Morgan fingerprint density at radius 1 is 0.944 bits per heavy atom. The highest BCUT2D eigenvalue weighted by molar-refractivity contribution is 7.03. The first-order chi connectivity index (χ1) is 8.57. The van der Waals surface area contributed by atoms with Crippen molar-refractivity contribution in [3.63, 3.8) is 0 Å². The predicted octanol–water partition coefficient (Wildman–Crippen LogP) is 2.64. The van der Waals surface area contributed by atoms with E-state index in [1.807, 2.05) is 12.1 Å². The molecule has 18 heavy (non-hydrogen) atoms. The van der Waals surface area contributed by atoms with Crippen molar-refractivity contribution < 1.29 is 9.13 Å². The van der Waals surface area contributed by atoms with Gasteiger partial charge in [-0.1, -0.05) is 37.4 Å². The average molecular weight is 258 g/mol. The van der Waals surface area contributed by atoms with Crippen LogP contribution in [-0.2, 0) is 0 Å². The van der Waals surface area contributed by atoms with Gasteiger partial charge in [-0.25, -0.2) is 4.39 Å². The smallest absolute Gasteiger partial charge is 0.131 e. The standard InChI is InChI=1S/C15H15FOSi/c1-17-11-7-5-9-13-15(11)14-10(16)6-4-8-12(14)18(13,2)3/h4-9H,1-3H3. The van der Waals surface area contributed by atoms with E-state index in [1.54, 1.807) is 13.2 Å². The second-order valence-corrected chi connectivity index (χ2v) is 9.50. The van der Waals surface area contributed by atoms with Crippen molar-refractivity contribution in [3.8, 4) is 16.9 Å². The Labute approximate surface area is 107 Å². The van der Waals surface area contributed by atoms with Crippen molar-refractivity contribution in [2.75, 3.05) is 7.11 Å². The van der Waals surface area contributed by atoms with Crippen LogP contribution in [0.5, 0.6) is 5.75 Å². The van der Waals surface area contributed by atoms with Gasteiger partial charge in [0.25, 0.3) is 0 Å². The van der Waals surface area contributed by atoms with Gasteiger partial charge in [-0.3, -0.25) is 0 Å². The van der Waals surface area contributed by atoms with Crippen molar-refractivity contribution in [3.05, 3.63) is 42.2 Å². The first-order valence-corrected chi connectivity index (χ1v) is 9.04. The Morgan fingerprint density at radius 3 is 2.22 bits per heavy atom. The van der Waals surface area contributed by atoms with Gasteiger partial charge in [0.15, 0.2) is 0 Å². The highest BCUT2D eigenvalue weighted by atomic mass is 28.3. The number of methoxy groups -OCH3 is 1. The fourth-order valence-electron chi connectivity index (χ4n) is 2.92. The summed E-state index contributed by atoms with van der Waals surface area (Å²) < 4.78 is 19.6. The zero-order valence-electron chi connectivity index (χ0n) is 10.8. The molecule has 0 N–H and O–H groups in total. The van der Waals surface area contributed by atoms with Crippen LogP contribution in [0.15, 0.2) is 36.4 Å². The highest BCUT2D eigenvalue weighted by Crippen LogP contribution is 2.36. The number of halogens is 1. The van der Waals surface area contributed by atoms with Crippen molar-refractivity contribution >= 4 is 18.4 Å². The summed E-state index contributed by atoms with van der Waals surface area (Å²) in [6, 6.07) is 11.4. The minimum Gasteiger partial charge on any atom is -0.496 e. The van der Waals surface area contributed by atoms with E-state index in [-0.39, 0.29) is 5.82 Å². The van der Waals surface area contributed by atoms with Gasteiger partial charge in [-0.15, -0.1) is 0 Å². The van der Waals surface area contributed by atoms with E-state index in [1.165, 1.54) is 16.4 Å². The van der Waals surface area contributed by atoms with Crippen molar-refractivity contribution in [1.82, 2.24) is 0 Å². The van der Waals surface area contributed by atoms with E-state index in [0.29, 0.717) is 0 Å². The number of fused-ring (bicyclic) bond motifs is 3. The summed E-state index contributed by atoms with van der Waals surface area (Å²) in [5.74, 6) is 0.633. The molecule has 3 heteroatoms. The third-order valence-corrected chi connectivity index (χ3v) is 7.38. The lowest BCUT2D eigenvalue weighted by molar-refractivity contribution is 0.416. The summed E-state index contributed by atoms with van der Waals surface area (Å²) >= 11 is 0. The second kappa shape index (κ2) is 3.69. The van der Waals surface area contributed by atoms with Gasteiger partial charge in [0.2, 0.25) is 0 Å². The average Bonchev–Trinajstić information content (AvgIpc) is 2.60. The van der Waals surface area contributed by atoms with Crippen molar-refractivity contribution in [1.29, 1.82) is 0 Å². The minimum atomic E-state index is -1.78. The molecule has 1 aliphatic rings. The fourth-order valence-corrected chi connectivity index (χ4v) is 5.98. The predicted molar refractivity (Wildman–Crippen MR) is 75.1 cm³/mol. The largest absolute Gasteiger partial charge is 0.496 e. The molecule has 0 fully saturated rings. The van der Waals surface area contributed by atoms with Crippen LogP contribution in [0.2, 0.25) is 13.1 Å². The van der Waals surface area contributed by atoms with E-state index in [0.717, 1.165) is 16.9 Å². The maximum atomic E-state index is 14.2. The van der Waals surface area contributed by atoms with Crippen LogP contribution in [0.3, 0.4) is 0 Å². The zero-order chi connectivity index (χ0) is 12.9. The molecule has 3 rings (SSSR count). The Balaban J connectivity index is 2.45. The number of hydrogen-bond donors (Lipinski definition) is 0. The normalized spacial score (nSPS) is 15.1. The summed E-state index contributed by atoms with van der Waals surface area (Å²) in [6.45, 7) is 4.52. The van der Waals surface area contributed by atoms with E-state index in [2.05, 4.69) is 25.2 Å². The molecular weight excluding hydrogens is 243 g/mol. The molecule has 0 saturated carbocycles. The second-order valence-electron chi connectivity index (χ2n) is 5.17. The topological polar surface area (TPSA) is 9.23 Å². The van der Waals surface area contributed by atoms with Crippen LogP contribution in [0.1, 0.15) is 0 Å². The van der Waals surface area contributed by atoms with Crippen LogP contribution in [0.4, 0.5) is 4.39 Å². The molecule has 0 aliphatic carbocycles. The van der Waals surface area contributed by atoms with Gasteiger partial charge in [-0.2, -0.15) is 0 Å². The summed E-state index contributed by atoms with van der Waals surface area (Å²) in [4.78, 5) is 0. The van der Waals surface area contributed by atoms with E-state index in [9.17, 15) is 4.39 Å². The number of benzene rings is 2. The number of rotatable bonds is 1. The van der Waals surface area contributed by atoms with E-state index in [4.69, 9.17) is 4.74 Å². The van der Waals surface area contributed by atoms with Crippen LogP contribution < -0.4 is 15.1 Å². The van der Waals surface area contributed by atoms with Gasteiger partial charge in [-0.05, 0) is 22.5 Å². The molecule has 1 aliphatic heterocycles. The molecule has 2 aromatic carbocycles. The van der Waals surface area contributed by atoms with Gasteiger partial charge >= 0.3 is 0 Å². The van der Waals surface area contributed by atoms with Gasteiger partial charge < -0.3 is 4.74 Å². The summed E-state index contributed by atoms with van der Waals surface area (Å²) in [7, 11) is -0.139. The Bertz CT molecular complexity index is 634. The maximum Gasteiger partial charge on any atom is 0.131 e. The molecule has 0 amide bonds. The molecule has 0 aromatic heterocycles. The van der Waals surface area contributed by atoms with Crippen LogP contribution in [0, 0.1) is 5.82 Å². The monoisotopic (exact) mass is 258 g/mol. The summed E-state index contributed by atoms with van der Waals surface area (Å²) in [5.41, 5.74) is 1.71. The molecule has 0 saturated heterocycles. The van der Waals surface area contributed by atoms with Crippen molar-refractivity contribution in [2.24, 2.45) is 0 Å². The van der Waals surface area contributed by atoms with Crippen LogP contribution >= 0.6 is 0 Å². The minimum absolute atomic E-state index is 0.142. The molecule has 1 nitrogen and oxygen atoms in total. The molecule has 0 unspecified atom stereocenters. The maximum absolute atomic E-state index is 14.2. The first kappa shape index (κ1) is 11.5. The molecule has 1 heterocycles. The Hall–Kier alpha value is -1.61. The Kier molecular flexibility index (Phi) is 2.35. The molecule has 2 aromatic rings. The quantitative estimate of drug-likeness (QED) is 0.715. The third kappa shape index (κ3) is 1.31. The number of ether oxygens (including phenoxy) is 1. The lowest BCUT2D eigenvalue weighted by atomic mass is 10.0. The van der Waals surface area contributed by atoms with Gasteiger partial charge in [0.05, 0.1) is 7.11 Å². The van der Waals surface area contributed by atoms with E-state index < -0.39 is 8.07 Å². The van der Waals surface area contributed by atoms with Gasteiger partial charge in [0.1, 0.15) is 19.6 Å². The molecule has 0 bridgehead atoms. The third-order valence-electron chi connectivity index (χ3n) is 3.86. The zero-order valence-corrected chi connectivity index (χ0v) is 11.8. The summed E-state index contributed by atoms with van der Waals surface area (Å²) in [6.07, 6.45) is 0.